The van der Waals surface area contributed by atoms with Gasteiger partial charge < -0.3 is 10.8 Å². The van der Waals surface area contributed by atoms with E-state index in [9.17, 15) is 14.7 Å². The molecule has 0 saturated heterocycles. The molecule has 146 valence electrons. The minimum absolute atomic E-state index is 0.0727. The molecule has 3 rings (SSSR count). The van der Waals surface area contributed by atoms with E-state index in [0.29, 0.717) is 39.2 Å². The van der Waals surface area contributed by atoms with E-state index in [0.717, 1.165) is 12.8 Å². The molecule has 0 bridgehead atoms. The molecule has 5 nitrogen and oxygen atoms in total. The average Bonchev–Trinajstić information content (AvgIpc) is 2.93. The first-order valence-electron chi connectivity index (χ1n) is 9.28. The summed E-state index contributed by atoms with van der Waals surface area (Å²) >= 11 is 5.94. The lowest BCUT2D eigenvalue weighted by Gasteiger charge is -2.14. The number of rotatable bonds is 6. The number of phenolic OH excluding ortho intramolecular Hbond substituents is 1. The van der Waals surface area contributed by atoms with Gasteiger partial charge in [0.05, 0.1) is 11.4 Å². The monoisotopic (exact) mass is 398 g/mol. The quantitative estimate of drug-likeness (QED) is 0.627. The summed E-state index contributed by atoms with van der Waals surface area (Å²) in [4.78, 5) is 25.5. The second-order valence-electron chi connectivity index (χ2n) is 6.95. The van der Waals surface area contributed by atoms with Crippen LogP contribution in [0.25, 0.3) is 10.9 Å². The van der Waals surface area contributed by atoms with Gasteiger partial charge in [0.25, 0.3) is 5.91 Å². The Hall–Kier alpha value is -2.79. The predicted octanol–water partition coefficient (Wildman–Crippen LogP) is 4.76. The van der Waals surface area contributed by atoms with Crippen molar-refractivity contribution >= 4 is 34.3 Å². The molecule has 3 N–H and O–H groups in total. The maximum atomic E-state index is 13.2. The minimum atomic E-state index is -0.525. The molecular weight excluding hydrogens is 376 g/mol. The number of fused-ring (bicyclic) bond motifs is 1. The summed E-state index contributed by atoms with van der Waals surface area (Å²) in [6.07, 6.45) is 2.36. The van der Waals surface area contributed by atoms with Crippen molar-refractivity contribution in [2.75, 3.05) is 0 Å². The molecule has 0 radical (unpaired) electrons. The molecule has 0 saturated carbocycles. The number of phenols is 1. The van der Waals surface area contributed by atoms with Crippen molar-refractivity contribution in [2.45, 2.75) is 39.0 Å². The van der Waals surface area contributed by atoms with E-state index < -0.39 is 11.8 Å². The van der Waals surface area contributed by atoms with Crippen molar-refractivity contribution in [3.05, 3.63) is 64.3 Å². The molecule has 1 aromatic heterocycles. The molecule has 0 aliphatic heterocycles. The molecule has 28 heavy (non-hydrogen) atoms. The molecular formula is C22H23ClN2O3. The van der Waals surface area contributed by atoms with Gasteiger partial charge in [0, 0.05) is 21.7 Å². The van der Waals surface area contributed by atoms with Crippen LogP contribution in [-0.2, 0) is 4.79 Å². The minimum Gasteiger partial charge on any atom is -0.508 e. The van der Waals surface area contributed by atoms with Gasteiger partial charge in [0.15, 0.2) is 0 Å². The molecule has 6 heteroatoms. The number of aromatic hydroxyl groups is 1. The number of carbonyl (C=O) groups excluding carboxylic acids is 2. The lowest BCUT2D eigenvalue weighted by molar-refractivity contribution is -0.119. The van der Waals surface area contributed by atoms with E-state index in [1.54, 1.807) is 41.0 Å². The lowest BCUT2D eigenvalue weighted by Crippen LogP contribution is -2.22. The summed E-state index contributed by atoms with van der Waals surface area (Å²) in [5, 5.41) is 11.2. The zero-order valence-electron chi connectivity index (χ0n) is 15.9. The first-order chi connectivity index (χ1) is 13.3. The smallest absolute Gasteiger partial charge is 0.262 e. The first-order valence-corrected chi connectivity index (χ1v) is 9.66. The molecule has 1 heterocycles. The molecule has 3 aromatic rings. The molecule has 1 atom stereocenters. The van der Waals surface area contributed by atoms with E-state index in [4.69, 9.17) is 17.3 Å². The second-order valence-corrected chi connectivity index (χ2v) is 7.38. The number of halogens is 1. The number of aromatic nitrogens is 1. The van der Waals surface area contributed by atoms with Crippen molar-refractivity contribution in [1.29, 1.82) is 0 Å². The summed E-state index contributed by atoms with van der Waals surface area (Å²) < 4.78 is 1.58. The van der Waals surface area contributed by atoms with Crippen LogP contribution in [0.5, 0.6) is 5.75 Å². The van der Waals surface area contributed by atoms with Gasteiger partial charge in [-0.05, 0) is 61.4 Å². The van der Waals surface area contributed by atoms with Crippen LogP contribution in [-0.4, -0.2) is 21.5 Å². The SMILES string of the molecule is CCCCC(C(N)=O)c1c(C)n(C(=O)c2ccc(Cl)cc2)c2ccc(O)cc12. The number of nitrogens with zero attached hydrogens (tertiary/aromatic N) is 1. The molecule has 0 fully saturated rings. The van der Waals surface area contributed by atoms with Crippen LogP contribution in [0.4, 0.5) is 0 Å². The van der Waals surface area contributed by atoms with E-state index >= 15 is 0 Å². The number of nitrogens with two attached hydrogens (primary N) is 1. The highest BCUT2D eigenvalue weighted by molar-refractivity contribution is 6.30. The van der Waals surface area contributed by atoms with E-state index in [-0.39, 0.29) is 11.7 Å². The van der Waals surface area contributed by atoms with Crippen LogP contribution >= 0.6 is 11.6 Å². The van der Waals surface area contributed by atoms with E-state index in [2.05, 4.69) is 0 Å². The Balaban J connectivity index is 2.24. The largest absolute Gasteiger partial charge is 0.508 e. The van der Waals surface area contributed by atoms with Gasteiger partial charge in [0.2, 0.25) is 5.91 Å². The third-order valence-corrected chi connectivity index (χ3v) is 5.32. The van der Waals surface area contributed by atoms with Crippen molar-refractivity contribution < 1.29 is 14.7 Å². The fourth-order valence-corrected chi connectivity index (χ4v) is 3.82. The van der Waals surface area contributed by atoms with Crippen LogP contribution in [0.3, 0.4) is 0 Å². The predicted molar refractivity (Wildman–Crippen MR) is 111 cm³/mol. The van der Waals surface area contributed by atoms with Gasteiger partial charge in [-0.2, -0.15) is 0 Å². The highest BCUT2D eigenvalue weighted by Gasteiger charge is 2.28. The molecule has 0 spiro atoms. The number of hydrogen-bond acceptors (Lipinski definition) is 3. The Morgan fingerprint density at radius 2 is 1.86 bits per heavy atom. The second kappa shape index (κ2) is 8.07. The number of primary amides is 1. The van der Waals surface area contributed by atoms with Gasteiger partial charge in [0.1, 0.15) is 5.75 Å². The third kappa shape index (κ3) is 3.62. The van der Waals surface area contributed by atoms with Crippen molar-refractivity contribution in [3.63, 3.8) is 0 Å². The maximum Gasteiger partial charge on any atom is 0.262 e. The van der Waals surface area contributed by atoms with E-state index in [1.807, 2.05) is 13.8 Å². The van der Waals surface area contributed by atoms with Gasteiger partial charge in [-0.15, -0.1) is 0 Å². The zero-order valence-corrected chi connectivity index (χ0v) is 16.7. The Morgan fingerprint density at radius 3 is 2.46 bits per heavy atom. The van der Waals surface area contributed by atoms with Gasteiger partial charge in [-0.1, -0.05) is 31.4 Å². The fraction of sp³-hybridized carbons (Fsp3) is 0.273. The van der Waals surface area contributed by atoms with Crippen molar-refractivity contribution in [2.24, 2.45) is 5.73 Å². The van der Waals surface area contributed by atoms with Crippen LogP contribution in [0.15, 0.2) is 42.5 Å². The van der Waals surface area contributed by atoms with Crippen LogP contribution in [0, 0.1) is 6.92 Å². The highest BCUT2D eigenvalue weighted by atomic mass is 35.5. The number of carbonyl (C=O) groups is 2. The van der Waals surface area contributed by atoms with Gasteiger partial charge in [-0.25, -0.2) is 0 Å². The van der Waals surface area contributed by atoms with E-state index in [1.165, 1.54) is 6.07 Å². The summed E-state index contributed by atoms with van der Waals surface area (Å²) in [5.41, 5.74) is 8.18. The number of benzene rings is 2. The standard InChI is InChI=1S/C22H23ClN2O3/c1-3-4-5-17(21(24)27)20-13(2)25(19-11-10-16(26)12-18(19)20)22(28)14-6-8-15(23)9-7-14/h6-12,17,26H,3-5H2,1-2H3,(H2,24,27). The summed E-state index contributed by atoms with van der Waals surface area (Å²) in [5.74, 6) is -1.11. The van der Waals surface area contributed by atoms with Crippen LogP contribution in [0.2, 0.25) is 5.02 Å². The zero-order chi connectivity index (χ0) is 20.4. The maximum absolute atomic E-state index is 13.2. The number of unbranched alkanes of at least 4 members (excludes halogenated alkanes) is 1. The number of amides is 1. The molecule has 0 aliphatic carbocycles. The Labute approximate surface area is 168 Å². The highest BCUT2D eigenvalue weighted by Crippen LogP contribution is 2.36. The van der Waals surface area contributed by atoms with Crippen molar-refractivity contribution in [3.8, 4) is 5.75 Å². The normalized spacial score (nSPS) is 12.2. The van der Waals surface area contributed by atoms with Crippen LogP contribution < -0.4 is 5.73 Å². The molecule has 1 amide bonds. The average molecular weight is 399 g/mol. The van der Waals surface area contributed by atoms with Crippen LogP contribution in [0.1, 0.15) is 53.7 Å². The first kappa shape index (κ1) is 20.0. The molecule has 1 unspecified atom stereocenters. The third-order valence-electron chi connectivity index (χ3n) is 5.07. The van der Waals surface area contributed by atoms with Gasteiger partial charge >= 0.3 is 0 Å². The molecule has 2 aromatic carbocycles. The Kier molecular flexibility index (Phi) is 5.75. The fourth-order valence-electron chi connectivity index (χ4n) is 3.69. The van der Waals surface area contributed by atoms with Crippen molar-refractivity contribution in [1.82, 2.24) is 4.57 Å². The Morgan fingerprint density at radius 1 is 1.18 bits per heavy atom. The Bertz CT molecular complexity index is 1040. The number of hydrogen-bond donors (Lipinski definition) is 2. The topological polar surface area (TPSA) is 85.3 Å². The van der Waals surface area contributed by atoms with Gasteiger partial charge in [-0.3, -0.25) is 14.2 Å². The molecule has 0 aliphatic rings. The summed E-state index contributed by atoms with van der Waals surface area (Å²) in [7, 11) is 0. The summed E-state index contributed by atoms with van der Waals surface area (Å²) in [6, 6.07) is 11.5. The summed E-state index contributed by atoms with van der Waals surface area (Å²) in [6.45, 7) is 3.85. The lowest BCUT2D eigenvalue weighted by atomic mass is 9.90.